The van der Waals surface area contributed by atoms with Crippen molar-refractivity contribution >= 4 is 17.5 Å². The second-order valence-corrected chi connectivity index (χ2v) is 5.87. The van der Waals surface area contributed by atoms with Gasteiger partial charge in [-0.25, -0.2) is 0 Å². The van der Waals surface area contributed by atoms with Crippen LogP contribution in [0.2, 0.25) is 0 Å². The molecule has 0 bridgehead atoms. The number of hydrogen-bond acceptors (Lipinski definition) is 3. The van der Waals surface area contributed by atoms with E-state index in [0.717, 1.165) is 22.6 Å². The molecule has 2 aromatic rings. The van der Waals surface area contributed by atoms with Gasteiger partial charge in [-0.15, -0.1) is 0 Å². The van der Waals surface area contributed by atoms with Crippen molar-refractivity contribution in [2.45, 2.75) is 13.8 Å². The van der Waals surface area contributed by atoms with Crippen molar-refractivity contribution in [1.82, 2.24) is 5.32 Å². The molecule has 0 unspecified atom stereocenters. The van der Waals surface area contributed by atoms with Gasteiger partial charge < -0.3 is 15.0 Å². The minimum Gasteiger partial charge on any atom is -0.490 e. The lowest BCUT2D eigenvalue weighted by molar-refractivity contribution is -0.117. The highest BCUT2D eigenvalue weighted by Crippen LogP contribution is 2.35. The van der Waals surface area contributed by atoms with Crippen LogP contribution in [0.3, 0.4) is 0 Å². The van der Waals surface area contributed by atoms with Crippen LogP contribution in [-0.2, 0) is 4.79 Å². The number of nitrogens with one attached hydrogen (secondary N) is 1. The molecule has 0 spiro atoms. The third kappa shape index (κ3) is 3.25. The van der Waals surface area contributed by atoms with Gasteiger partial charge in [0.15, 0.2) is 0 Å². The Kier molecular flexibility index (Phi) is 4.51. The van der Waals surface area contributed by atoms with Gasteiger partial charge in [-0.1, -0.05) is 24.3 Å². The van der Waals surface area contributed by atoms with Crippen LogP contribution >= 0.6 is 0 Å². The molecular formula is C19H20N2O3. The minimum atomic E-state index is -0.252. The van der Waals surface area contributed by atoms with Crippen LogP contribution in [-0.4, -0.2) is 31.5 Å². The van der Waals surface area contributed by atoms with Crippen molar-refractivity contribution in [3.05, 3.63) is 59.2 Å². The quantitative estimate of drug-likeness (QED) is 0.943. The maximum Gasteiger partial charge on any atom is 0.251 e. The van der Waals surface area contributed by atoms with Gasteiger partial charge in [0.25, 0.3) is 5.91 Å². The number of hydrogen-bond donors (Lipinski definition) is 1. The SMILES string of the molecule is Cc1cc(C)c2c(c1)OCCN2C(=O)CNC(=O)c1ccccc1. The molecule has 0 aromatic heterocycles. The highest BCUT2D eigenvalue weighted by atomic mass is 16.5. The standard InChI is InChI=1S/C19H20N2O3/c1-13-10-14(2)18-16(11-13)24-9-8-21(18)17(22)12-20-19(23)15-6-4-3-5-7-15/h3-7,10-11H,8-9,12H2,1-2H3,(H,20,23). The molecule has 2 amide bonds. The van der Waals surface area contributed by atoms with Crippen LogP contribution in [0, 0.1) is 13.8 Å². The fraction of sp³-hybridized carbons (Fsp3) is 0.263. The first-order valence-electron chi connectivity index (χ1n) is 7.94. The van der Waals surface area contributed by atoms with E-state index in [9.17, 15) is 9.59 Å². The Labute approximate surface area is 141 Å². The maximum atomic E-state index is 12.6. The summed E-state index contributed by atoms with van der Waals surface area (Å²) in [5, 5.41) is 2.69. The first kappa shape index (κ1) is 16.1. The third-order valence-electron chi connectivity index (χ3n) is 3.99. The summed E-state index contributed by atoms with van der Waals surface area (Å²) in [5.74, 6) is 0.329. The maximum absolute atomic E-state index is 12.6. The zero-order chi connectivity index (χ0) is 17.1. The van der Waals surface area contributed by atoms with Crippen molar-refractivity contribution in [2.24, 2.45) is 0 Å². The molecule has 1 aliphatic heterocycles. The number of ether oxygens (including phenoxy) is 1. The second-order valence-electron chi connectivity index (χ2n) is 5.87. The molecule has 3 rings (SSSR count). The highest BCUT2D eigenvalue weighted by molar-refractivity contribution is 6.01. The van der Waals surface area contributed by atoms with Gasteiger partial charge >= 0.3 is 0 Å². The van der Waals surface area contributed by atoms with Crippen molar-refractivity contribution in [3.8, 4) is 5.75 Å². The van der Waals surface area contributed by atoms with E-state index in [2.05, 4.69) is 5.32 Å². The Morgan fingerprint density at radius 2 is 1.92 bits per heavy atom. The van der Waals surface area contributed by atoms with Gasteiger partial charge in [0.2, 0.25) is 5.91 Å². The van der Waals surface area contributed by atoms with Gasteiger partial charge in [-0.05, 0) is 43.2 Å². The molecule has 0 saturated heterocycles. The fourth-order valence-corrected chi connectivity index (χ4v) is 2.93. The molecule has 2 aromatic carbocycles. The minimum absolute atomic E-state index is 0.0412. The van der Waals surface area contributed by atoms with Gasteiger partial charge in [0.1, 0.15) is 12.4 Å². The molecule has 1 N–H and O–H groups in total. The van der Waals surface area contributed by atoms with E-state index in [1.165, 1.54) is 0 Å². The number of benzene rings is 2. The van der Waals surface area contributed by atoms with Crippen LogP contribution in [0.5, 0.6) is 5.75 Å². The van der Waals surface area contributed by atoms with E-state index in [-0.39, 0.29) is 18.4 Å². The van der Waals surface area contributed by atoms with E-state index in [1.807, 2.05) is 32.0 Å². The molecule has 1 aliphatic rings. The third-order valence-corrected chi connectivity index (χ3v) is 3.99. The van der Waals surface area contributed by atoms with Crippen LogP contribution in [0.4, 0.5) is 5.69 Å². The number of amides is 2. The summed E-state index contributed by atoms with van der Waals surface area (Å²) < 4.78 is 5.68. The number of carbonyl (C=O) groups excluding carboxylic acids is 2. The Morgan fingerprint density at radius 1 is 1.17 bits per heavy atom. The molecular weight excluding hydrogens is 304 g/mol. The van der Waals surface area contributed by atoms with Crippen molar-refractivity contribution in [2.75, 3.05) is 24.6 Å². The molecule has 1 heterocycles. The summed E-state index contributed by atoms with van der Waals surface area (Å²) in [6.45, 7) is 4.85. The normalized spacial score (nSPS) is 13.0. The topological polar surface area (TPSA) is 58.6 Å². The summed E-state index contributed by atoms with van der Waals surface area (Å²) in [6.07, 6.45) is 0. The monoisotopic (exact) mass is 324 g/mol. The van der Waals surface area contributed by atoms with E-state index in [4.69, 9.17) is 4.74 Å². The predicted octanol–water partition coefficient (Wildman–Crippen LogP) is 2.46. The average molecular weight is 324 g/mol. The Hall–Kier alpha value is -2.82. The van der Waals surface area contributed by atoms with Crippen LogP contribution in [0.1, 0.15) is 21.5 Å². The van der Waals surface area contributed by atoms with E-state index in [0.29, 0.717) is 18.7 Å². The van der Waals surface area contributed by atoms with Crippen LogP contribution in [0.25, 0.3) is 0 Å². The number of rotatable bonds is 3. The molecule has 124 valence electrons. The number of carbonyl (C=O) groups is 2. The first-order chi connectivity index (χ1) is 11.6. The Balaban J connectivity index is 1.72. The van der Waals surface area contributed by atoms with Crippen molar-refractivity contribution in [3.63, 3.8) is 0 Å². The van der Waals surface area contributed by atoms with Crippen molar-refractivity contribution in [1.29, 1.82) is 0 Å². The molecule has 0 saturated carbocycles. The summed E-state index contributed by atoms with van der Waals surface area (Å²) in [6, 6.07) is 12.8. The Bertz CT molecular complexity index is 772. The lowest BCUT2D eigenvalue weighted by Crippen LogP contribution is -2.44. The van der Waals surface area contributed by atoms with Gasteiger partial charge in [0, 0.05) is 5.56 Å². The number of aryl methyl sites for hydroxylation is 2. The van der Waals surface area contributed by atoms with E-state index < -0.39 is 0 Å². The number of fused-ring (bicyclic) bond motifs is 1. The average Bonchev–Trinajstić information content (AvgIpc) is 2.59. The highest BCUT2D eigenvalue weighted by Gasteiger charge is 2.25. The Morgan fingerprint density at radius 3 is 2.67 bits per heavy atom. The molecule has 0 aliphatic carbocycles. The molecule has 0 radical (unpaired) electrons. The smallest absolute Gasteiger partial charge is 0.251 e. The molecule has 0 atom stereocenters. The molecule has 0 fully saturated rings. The summed E-state index contributed by atoms with van der Waals surface area (Å²) >= 11 is 0. The predicted molar refractivity (Wildman–Crippen MR) is 92.5 cm³/mol. The first-order valence-corrected chi connectivity index (χ1v) is 7.94. The molecule has 5 nitrogen and oxygen atoms in total. The van der Waals surface area contributed by atoms with Crippen LogP contribution in [0.15, 0.2) is 42.5 Å². The van der Waals surface area contributed by atoms with Gasteiger partial charge in [-0.2, -0.15) is 0 Å². The van der Waals surface area contributed by atoms with E-state index in [1.54, 1.807) is 29.2 Å². The molecule has 5 heteroatoms. The number of anilines is 1. The summed E-state index contributed by atoms with van der Waals surface area (Å²) in [7, 11) is 0. The van der Waals surface area contributed by atoms with E-state index >= 15 is 0 Å². The lowest BCUT2D eigenvalue weighted by Gasteiger charge is -2.31. The zero-order valence-electron chi connectivity index (χ0n) is 13.8. The summed E-state index contributed by atoms with van der Waals surface area (Å²) in [5.41, 5.74) is 3.43. The second kappa shape index (κ2) is 6.74. The summed E-state index contributed by atoms with van der Waals surface area (Å²) in [4.78, 5) is 26.4. The largest absolute Gasteiger partial charge is 0.490 e. The number of nitrogens with zero attached hydrogens (tertiary/aromatic N) is 1. The zero-order valence-corrected chi connectivity index (χ0v) is 13.8. The van der Waals surface area contributed by atoms with Gasteiger partial charge in [0.05, 0.1) is 18.8 Å². The van der Waals surface area contributed by atoms with Gasteiger partial charge in [-0.3, -0.25) is 9.59 Å². The fourth-order valence-electron chi connectivity index (χ4n) is 2.93. The molecule has 24 heavy (non-hydrogen) atoms. The van der Waals surface area contributed by atoms with Crippen LogP contribution < -0.4 is 15.0 Å². The lowest BCUT2D eigenvalue weighted by atomic mass is 10.1. The van der Waals surface area contributed by atoms with Crippen molar-refractivity contribution < 1.29 is 14.3 Å².